The molecule has 2 N–H and O–H groups in total. The second-order valence-corrected chi connectivity index (χ2v) is 6.37. The zero-order valence-corrected chi connectivity index (χ0v) is 17.6. The van der Waals surface area contributed by atoms with Crippen molar-refractivity contribution in [1.29, 1.82) is 0 Å². The van der Waals surface area contributed by atoms with Crippen molar-refractivity contribution >= 4 is 24.0 Å². The van der Waals surface area contributed by atoms with Crippen molar-refractivity contribution < 1.29 is 28.6 Å². The van der Waals surface area contributed by atoms with Crippen LogP contribution in [0, 0.1) is 0 Å². The molecule has 0 saturated carbocycles. The van der Waals surface area contributed by atoms with E-state index in [-0.39, 0.29) is 6.42 Å². The average molecular weight is 427 g/mol. The van der Waals surface area contributed by atoms with Gasteiger partial charge in [-0.15, -0.1) is 0 Å². The number of nitrogens with one attached hydrogen (secondary N) is 2. The number of hydrogen-bond donors (Lipinski definition) is 2. The van der Waals surface area contributed by atoms with Gasteiger partial charge in [-0.25, -0.2) is 10.2 Å². The SMILES string of the molecule is COC(=O)c1ccc(/C=N\NC(=O)CC(=O)NCCc2ccc(OC)c(OC)c2)cc1. The molecule has 0 radical (unpaired) electrons. The quantitative estimate of drug-likeness (QED) is 0.258. The molecule has 9 nitrogen and oxygen atoms in total. The van der Waals surface area contributed by atoms with Gasteiger partial charge in [0.2, 0.25) is 11.8 Å². The van der Waals surface area contributed by atoms with Gasteiger partial charge in [-0.1, -0.05) is 18.2 Å². The Balaban J connectivity index is 1.73. The van der Waals surface area contributed by atoms with Crippen LogP contribution in [0.5, 0.6) is 11.5 Å². The molecule has 0 fully saturated rings. The maximum Gasteiger partial charge on any atom is 0.337 e. The van der Waals surface area contributed by atoms with Crippen molar-refractivity contribution in [2.45, 2.75) is 12.8 Å². The number of carbonyl (C=O) groups is 3. The summed E-state index contributed by atoms with van der Waals surface area (Å²) in [4.78, 5) is 35.1. The predicted molar refractivity (Wildman–Crippen MR) is 114 cm³/mol. The molecule has 0 aromatic heterocycles. The van der Waals surface area contributed by atoms with Gasteiger partial charge in [0, 0.05) is 6.54 Å². The summed E-state index contributed by atoms with van der Waals surface area (Å²) < 4.78 is 15.1. The van der Waals surface area contributed by atoms with E-state index >= 15 is 0 Å². The first-order valence-corrected chi connectivity index (χ1v) is 9.44. The minimum Gasteiger partial charge on any atom is -0.493 e. The van der Waals surface area contributed by atoms with Crippen molar-refractivity contribution in [3.63, 3.8) is 0 Å². The standard InChI is InChI=1S/C22H25N3O6/c1-29-18-9-6-15(12-19(18)30-2)10-11-23-20(26)13-21(27)25-24-14-16-4-7-17(8-5-16)22(28)31-3/h4-9,12,14H,10-11,13H2,1-3H3,(H,23,26)(H,25,27)/b24-14-. The van der Waals surface area contributed by atoms with Crippen LogP contribution in [0.25, 0.3) is 0 Å². The number of hydrogen-bond acceptors (Lipinski definition) is 7. The minimum atomic E-state index is -0.536. The number of rotatable bonds is 10. The minimum absolute atomic E-state index is 0.343. The normalized spacial score (nSPS) is 10.4. The lowest BCUT2D eigenvalue weighted by molar-refractivity contribution is -0.129. The van der Waals surface area contributed by atoms with Gasteiger partial charge >= 0.3 is 5.97 Å². The number of methoxy groups -OCH3 is 3. The van der Waals surface area contributed by atoms with Crippen molar-refractivity contribution in [2.75, 3.05) is 27.9 Å². The van der Waals surface area contributed by atoms with E-state index in [1.54, 1.807) is 44.6 Å². The second-order valence-electron chi connectivity index (χ2n) is 6.37. The van der Waals surface area contributed by atoms with Gasteiger partial charge < -0.3 is 19.5 Å². The summed E-state index contributed by atoms with van der Waals surface area (Å²) in [7, 11) is 4.43. The van der Waals surface area contributed by atoms with Crippen LogP contribution in [0.2, 0.25) is 0 Å². The Morgan fingerprint density at radius 3 is 2.29 bits per heavy atom. The van der Waals surface area contributed by atoms with Crippen LogP contribution in [0.3, 0.4) is 0 Å². The molecule has 0 unspecified atom stereocenters. The molecule has 0 bridgehead atoms. The topological polar surface area (TPSA) is 115 Å². The van der Waals surface area contributed by atoms with Gasteiger partial charge in [0.25, 0.3) is 0 Å². The average Bonchev–Trinajstić information content (AvgIpc) is 2.78. The molecule has 2 rings (SSSR count). The number of hydrazone groups is 1. The Morgan fingerprint density at radius 2 is 1.65 bits per heavy atom. The van der Waals surface area contributed by atoms with E-state index < -0.39 is 17.8 Å². The van der Waals surface area contributed by atoms with Crippen molar-refractivity contribution in [1.82, 2.24) is 10.7 Å². The first-order chi connectivity index (χ1) is 15.0. The zero-order valence-electron chi connectivity index (χ0n) is 17.6. The smallest absolute Gasteiger partial charge is 0.337 e. The highest BCUT2D eigenvalue weighted by Crippen LogP contribution is 2.27. The van der Waals surface area contributed by atoms with Gasteiger partial charge in [0.05, 0.1) is 33.1 Å². The third-order valence-corrected chi connectivity index (χ3v) is 4.24. The molecular weight excluding hydrogens is 402 g/mol. The Hall–Kier alpha value is -3.88. The van der Waals surface area contributed by atoms with Crippen molar-refractivity contribution in [3.8, 4) is 11.5 Å². The Morgan fingerprint density at radius 1 is 0.935 bits per heavy atom. The van der Waals surface area contributed by atoms with Crippen molar-refractivity contribution in [3.05, 3.63) is 59.2 Å². The lowest BCUT2D eigenvalue weighted by atomic mass is 10.1. The third-order valence-electron chi connectivity index (χ3n) is 4.24. The van der Waals surface area contributed by atoms with E-state index in [0.29, 0.717) is 35.6 Å². The van der Waals surface area contributed by atoms with Gasteiger partial charge in [0.15, 0.2) is 11.5 Å². The number of benzene rings is 2. The van der Waals surface area contributed by atoms with E-state index in [9.17, 15) is 14.4 Å². The summed E-state index contributed by atoms with van der Waals surface area (Å²) in [5, 5.41) is 6.50. The van der Waals surface area contributed by atoms with Crippen molar-refractivity contribution in [2.24, 2.45) is 5.10 Å². The van der Waals surface area contributed by atoms with Crippen LogP contribution in [-0.4, -0.2) is 51.9 Å². The predicted octanol–water partition coefficient (Wildman–Crippen LogP) is 1.69. The highest BCUT2D eigenvalue weighted by atomic mass is 16.5. The van der Waals surface area contributed by atoms with Gasteiger partial charge in [0.1, 0.15) is 6.42 Å². The van der Waals surface area contributed by atoms with Crippen LogP contribution in [-0.2, 0) is 20.7 Å². The third kappa shape index (κ3) is 7.46. The maximum absolute atomic E-state index is 11.9. The van der Waals surface area contributed by atoms with E-state index in [1.807, 2.05) is 12.1 Å². The molecule has 0 aliphatic carbocycles. The van der Waals surface area contributed by atoms with Crippen LogP contribution in [0.15, 0.2) is 47.6 Å². The van der Waals surface area contributed by atoms with Gasteiger partial charge in [-0.2, -0.15) is 5.10 Å². The lowest BCUT2D eigenvalue weighted by Crippen LogP contribution is -2.31. The number of amides is 2. The first kappa shape index (κ1) is 23.4. The summed E-state index contributed by atoms with van der Waals surface area (Å²) in [6.45, 7) is 0.372. The number of esters is 1. The molecule has 0 aliphatic heterocycles. The van der Waals surface area contributed by atoms with Crippen LogP contribution >= 0.6 is 0 Å². The van der Waals surface area contributed by atoms with Gasteiger partial charge in [-0.05, 0) is 41.8 Å². The molecule has 2 aromatic carbocycles. The Labute approximate surface area is 180 Å². The molecule has 164 valence electrons. The van der Waals surface area contributed by atoms with E-state index in [0.717, 1.165) is 5.56 Å². The summed E-state index contributed by atoms with van der Waals surface area (Å²) in [5.74, 6) is -0.133. The molecule has 31 heavy (non-hydrogen) atoms. The number of carbonyl (C=O) groups excluding carboxylic acids is 3. The van der Waals surface area contributed by atoms with E-state index in [4.69, 9.17) is 9.47 Å². The molecule has 0 heterocycles. The summed E-state index contributed by atoms with van der Waals surface area (Å²) in [6.07, 6.45) is 1.64. The molecular formula is C22H25N3O6. The number of nitrogens with zero attached hydrogens (tertiary/aromatic N) is 1. The Bertz CT molecular complexity index is 941. The van der Waals surface area contributed by atoms with E-state index in [1.165, 1.54) is 13.3 Å². The van der Waals surface area contributed by atoms with E-state index in [2.05, 4.69) is 20.6 Å². The molecule has 0 spiro atoms. The Kier molecular flexibility index (Phi) is 9.03. The fourth-order valence-electron chi connectivity index (χ4n) is 2.63. The molecule has 0 saturated heterocycles. The zero-order chi connectivity index (χ0) is 22.6. The molecule has 0 aliphatic rings. The van der Waals surface area contributed by atoms with Gasteiger partial charge in [-0.3, -0.25) is 9.59 Å². The fraction of sp³-hybridized carbons (Fsp3) is 0.273. The monoisotopic (exact) mass is 427 g/mol. The first-order valence-electron chi connectivity index (χ1n) is 9.44. The molecule has 2 aromatic rings. The molecule has 0 atom stereocenters. The fourth-order valence-corrected chi connectivity index (χ4v) is 2.63. The second kappa shape index (κ2) is 12.0. The van der Waals surface area contributed by atoms with Crippen LogP contribution in [0.1, 0.15) is 27.9 Å². The summed E-state index contributed by atoms with van der Waals surface area (Å²) in [5.41, 5.74) is 4.34. The summed E-state index contributed by atoms with van der Waals surface area (Å²) >= 11 is 0. The largest absolute Gasteiger partial charge is 0.493 e. The molecule has 2 amide bonds. The lowest BCUT2D eigenvalue weighted by Gasteiger charge is -2.10. The highest BCUT2D eigenvalue weighted by Gasteiger charge is 2.09. The molecule has 9 heteroatoms. The summed E-state index contributed by atoms with van der Waals surface area (Å²) in [6, 6.07) is 12.0. The van der Waals surface area contributed by atoms with Crippen LogP contribution in [0.4, 0.5) is 0 Å². The maximum atomic E-state index is 11.9. The van der Waals surface area contributed by atoms with Crippen LogP contribution < -0.4 is 20.2 Å². The highest BCUT2D eigenvalue weighted by molar-refractivity contribution is 5.97. The number of ether oxygens (including phenoxy) is 3.